The molecule has 3 atom stereocenters. The Morgan fingerprint density at radius 3 is 2.92 bits per heavy atom. The Kier molecular flexibility index (Phi) is 4.34. The van der Waals surface area contributed by atoms with Crippen molar-refractivity contribution in [1.82, 2.24) is 20.2 Å². The summed E-state index contributed by atoms with van der Waals surface area (Å²) in [4.78, 5) is 11.5. The zero-order valence-corrected chi connectivity index (χ0v) is 16.0. The van der Waals surface area contributed by atoms with E-state index in [2.05, 4.69) is 52.2 Å². The smallest absolute Gasteiger partial charge is 0.227 e. The van der Waals surface area contributed by atoms with Crippen molar-refractivity contribution in [2.75, 3.05) is 23.9 Å². The van der Waals surface area contributed by atoms with Crippen LogP contribution >= 0.6 is 0 Å². The molecule has 4 rings (SSSR count). The summed E-state index contributed by atoms with van der Waals surface area (Å²) in [5, 5.41) is 10.8. The molecule has 2 aliphatic rings. The van der Waals surface area contributed by atoms with Gasteiger partial charge >= 0.3 is 0 Å². The van der Waals surface area contributed by atoms with Gasteiger partial charge in [0.15, 0.2) is 5.82 Å². The van der Waals surface area contributed by atoms with E-state index in [9.17, 15) is 0 Å². The molecule has 0 amide bonds. The van der Waals surface area contributed by atoms with Crippen LogP contribution in [0.15, 0.2) is 18.3 Å². The predicted molar refractivity (Wildman–Crippen MR) is 102 cm³/mol. The fourth-order valence-electron chi connectivity index (χ4n) is 3.93. The van der Waals surface area contributed by atoms with Crippen molar-refractivity contribution in [3.63, 3.8) is 0 Å². The maximum Gasteiger partial charge on any atom is 0.227 e. The number of hydrogen-bond acceptors (Lipinski definition) is 6. The number of nitrogens with one attached hydrogen (secondary N) is 2. The third kappa shape index (κ3) is 3.28. The molecule has 26 heavy (non-hydrogen) atoms. The Morgan fingerprint density at radius 1 is 1.38 bits per heavy atom. The molecule has 1 saturated carbocycles. The lowest BCUT2D eigenvalue weighted by molar-refractivity contribution is 0.0214. The maximum atomic E-state index is 5.61. The molecule has 3 heterocycles. The first-order chi connectivity index (χ1) is 12.5. The van der Waals surface area contributed by atoms with E-state index in [-0.39, 0.29) is 11.5 Å². The number of ether oxygens (including phenoxy) is 1. The van der Waals surface area contributed by atoms with E-state index in [1.54, 1.807) is 13.3 Å². The van der Waals surface area contributed by atoms with E-state index in [1.165, 1.54) is 18.5 Å². The van der Waals surface area contributed by atoms with Crippen LogP contribution in [0.25, 0.3) is 0 Å². The largest absolute Gasteiger partial charge is 0.381 e. The molecule has 2 N–H and O–H groups in total. The minimum absolute atomic E-state index is 0.0995. The standard InChI is InChI=1S/C19H28N6O/c1-12-10-19(3,13(2)26-4)11-25(12)18-20-8-7-16(22-18)21-17-9-15(23-24-17)14-5-6-14/h7-9,12-14H,5-6,10-11H2,1-4H3,(H2,20,21,22,23,24). The van der Waals surface area contributed by atoms with Gasteiger partial charge in [-0.05, 0) is 39.2 Å². The number of rotatable bonds is 6. The molecule has 140 valence electrons. The summed E-state index contributed by atoms with van der Waals surface area (Å²) in [5.41, 5.74) is 1.31. The maximum absolute atomic E-state index is 5.61. The normalized spacial score (nSPS) is 26.9. The zero-order valence-electron chi connectivity index (χ0n) is 16.0. The Balaban J connectivity index is 1.50. The molecule has 2 fully saturated rings. The molecule has 0 radical (unpaired) electrons. The first kappa shape index (κ1) is 17.3. The van der Waals surface area contributed by atoms with Crippen LogP contribution in [0, 0.1) is 5.41 Å². The van der Waals surface area contributed by atoms with Gasteiger partial charge in [0.2, 0.25) is 5.95 Å². The second kappa shape index (κ2) is 6.54. The summed E-state index contributed by atoms with van der Waals surface area (Å²) in [7, 11) is 1.78. The number of anilines is 3. The highest BCUT2D eigenvalue weighted by molar-refractivity contribution is 5.54. The van der Waals surface area contributed by atoms with Crippen LogP contribution in [0.1, 0.15) is 51.6 Å². The third-order valence-corrected chi connectivity index (χ3v) is 5.93. The molecule has 2 aromatic rings. The molecule has 3 unspecified atom stereocenters. The summed E-state index contributed by atoms with van der Waals surface area (Å²) in [6.45, 7) is 7.54. The molecule has 0 aromatic carbocycles. The molecule has 1 aliphatic carbocycles. The van der Waals surface area contributed by atoms with Gasteiger partial charge in [-0.2, -0.15) is 10.1 Å². The van der Waals surface area contributed by atoms with Crippen LogP contribution in [0.5, 0.6) is 0 Å². The number of hydrogen-bond donors (Lipinski definition) is 2. The highest BCUT2D eigenvalue weighted by atomic mass is 16.5. The molecule has 1 saturated heterocycles. The van der Waals surface area contributed by atoms with Crippen LogP contribution in [-0.4, -0.2) is 46.0 Å². The van der Waals surface area contributed by atoms with Gasteiger partial charge in [-0.25, -0.2) is 4.98 Å². The van der Waals surface area contributed by atoms with Crippen molar-refractivity contribution in [2.45, 2.75) is 58.1 Å². The van der Waals surface area contributed by atoms with Crippen molar-refractivity contribution in [2.24, 2.45) is 5.41 Å². The van der Waals surface area contributed by atoms with Gasteiger partial charge in [0.05, 0.1) is 6.10 Å². The summed E-state index contributed by atoms with van der Waals surface area (Å²) < 4.78 is 5.61. The van der Waals surface area contributed by atoms with Crippen LogP contribution in [0.2, 0.25) is 0 Å². The Hall–Kier alpha value is -2.15. The first-order valence-electron chi connectivity index (χ1n) is 9.43. The summed E-state index contributed by atoms with van der Waals surface area (Å²) in [5.74, 6) is 2.99. The Morgan fingerprint density at radius 2 is 2.19 bits per heavy atom. The fourth-order valence-corrected chi connectivity index (χ4v) is 3.93. The second-order valence-electron chi connectivity index (χ2n) is 8.06. The van der Waals surface area contributed by atoms with Crippen LogP contribution < -0.4 is 10.2 Å². The molecule has 7 heteroatoms. The summed E-state index contributed by atoms with van der Waals surface area (Å²) >= 11 is 0. The predicted octanol–water partition coefficient (Wildman–Crippen LogP) is 3.46. The number of aromatic nitrogens is 4. The lowest BCUT2D eigenvalue weighted by Crippen LogP contribution is -2.35. The third-order valence-electron chi connectivity index (χ3n) is 5.93. The quantitative estimate of drug-likeness (QED) is 0.825. The average Bonchev–Trinajstić information content (AvgIpc) is 3.30. The van der Waals surface area contributed by atoms with E-state index in [0.717, 1.165) is 30.5 Å². The van der Waals surface area contributed by atoms with Gasteiger partial charge < -0.3 is 15.0 Å². The van der Waals surface area contributed by atoms with Crippen molar-refractivity contribution in [3.05, 3.63) is 24.0 Å². The van der Waals surface area contributed by atoms with Crippen molar-refractivity contribution in [3.8, 4) is 0 Å². The molecular formula is C19H28N6O. The van der Waals surface area contributed by atoms with Crippen molar-refractivity contribution >= 4 is 17.6 Å². The fraction of sp³-hybridized carbons (Fsp3) is 0.632. The molecular weight excluding hydrogens is 328 g/mol. The minimum Gasteiger partial charge on any atom is -0.381 e. The number of aromatic amines is 1. The lowest BCUT2D eigenvalue weighted by Gasteiger charge is -2.30. The topological polar surface area (TPSA) is 79.0 Å². The van der Waals surface area contributed by atoms with E-state index in [0.29, 0.717) is 12.0 Å². The van der Waals surface area contributed by atoms with Crippen LogP contribution in [0.4, 0.5) is 17.6 Å². The minimum atomic E-state index is 0.0995. The number of nitrogens with zero attached hydrogens (tertiary/aromatic N) is 4. The van der Waals surface area contributed by atoms with Gasteiger partial charge in [0, 0.05) is 49.0 Å². The molecule has 7 nitrogen and oxygen atoms in total. The average molecular weight is 356 g/mol. The van der Waals surface area contributed by atoms with E-state index in [1.807, 2.05) is 6.07 Å². The molecule has 0 spiro atoms. The van der Waals surface area contributed by atoms with E-state index < -0.39 is 0 Å². The van der Waals surface area contributed by atoms with Gasteiger partial charge in [-0.1, -0.05) is 6.92 Å². The van der Waals surface area contributed by atoms with Crippen LogP contribution in [-0.2, 0) is 4.74 Å². The van der Waals surface area contributed by atoms with Gasteiger partial charge in [-0.3, -0.25) is 5.10 Å². The summed E-state index contributed by atoms with van der Waals surface area (Å²) in [6.07, 6.45) is 5.57. The first-order valence-corrected chi connectivity index (χ1v) is 9.43. The van der Waals surface area contributed by atoms with Gasteiger partial charge in [0.25, 0.3) is 0 Å². The van der Waals surface area contributed by atoms with Crippen LogP contribution in [0.3, 0.4) is 0 Å². The molecule has 2 aromatic heterocycles. The monoisotopic (exact) mass is 356 g/mol. The highest BCUT2D eigenvalue weighted by Gasteiger charge is 2.43. The SMILES string of the molecule is COC(C)C1(C)CC(C)N(c2nccc(Nc3cc(C4CC4)[nH]n3)n2)C1. The zero-order chi connectivity index (χ0) is 18.3. The van der Waals surface area contributed by atoms with Gasteiger partial charge in [-0.15, -0.1) is 0 Å². The highest BCUT2D eigenvalue weighted by Crippen LogP contribution is 2.41. The van der Waals surface area contributed by atoms with Crippen molar-refractivity contribution in [1.29, 1.82) is 0 Å². The Bertz CT molecular complexity index is 773. The Labute approximate surface area is 154 Å². The summed E-state index contributed by atoms with van der Waals surface area (Å²) in [6, 6.07) is 4.33. The molecule has 1 aliphatic heterocycles. The van der Waals surface area contributed by atoms with Gasteiger partial charge in [0.1, 0.15) is 5.82 Å². The van der Waals surface area contributed by atoms with E-state index in [4.69, 9.17) is 9.72 Å². The van der Waals surface area contributed by atoms with E-state index >= 15 is 0 Å². The van der Waals surface area contributed by atoms with Crippen molar-refractivity contribution < 1.29 is 4.74 Å². The number of methoxy groups -OCH3 is 1. The second-order valence-corrected chi connectivity index (χ2v) is 8.06. The number of H-pyrrole nitrogens is 1. The molecule has 0 bridgehead atoms. The lowest BCUT2D eigenvalue weighted by atomic mass is 9.83.